The predicted octanol–water partition coefficient (Wildman–Crippen LogP) is 2.31. The first-order valence-corrected chi connectivity index (χ1v) is 7.16. The summed E-state index contributed by atoms with van der Waals surface area (Å²) >= 11 is 0. The number of hydrogen-bond donors (Lipinski definition) is 0. The predicted molar refractivity (Wildman–Crippen MR) is 64.3 cm³/mol. The minimum atomic E-state index is -0.239. The molecule has 3 heteroatoms. The second kappa shape index (κ2) is 3.25. The van der Waals surface area contributed by atoms with E-state index in [9.17, 15) is 9.59 Å². The van der Waals surface area contributed by atoms with E-state index in [0.29, 0.717) is 23.7 Å². The smallest absolute Gasteiger partial charge is 0.317 e. The van der Waals surface area contributed by atoms with Gasteiger partial charge in [-0.1, -0.05) is 25.0 Å². The van der Waals surface area contributed by atoms with Crippen LogP contribution >= 0.6 is 0 Å². The van der Waals surface area contributed by atoms with E-state index >= 15 is 0 Å². The fourth-order valence-electron chi connectivity index (χ4n) is 5.50. The molecule has 0 N–H and O–H groups in total. The maximum atomic E-state index is 11.8. The van der Waals surface area contributed by atoms with Gasteiger partial charge in [0, 0.05) is 0 Å². The van der Waals surface area contributed by atoms with Gasteiger partial charge in [-0.3, -0.25) is 9.59 Å². The Labute approximate surface area is 107 Å². The summed E-state index contributed by atoms with van der Waals surface area (Å²) < 4.78 is 4.87. The molecular weight excluding hydrogens is 228 g/mol. The van der Waals surface area contributed by atoms with Crippen LogP contribution in [0.15, 0.2) is 11.1 Å². The Balaban J connectivity index is 1.76. The maximum absolute atomic E-state index is 11.8. The topological polar surface area (TPSA) is 43.4 Å². The van der Waals surface area contributed by atoms with Crippen LogP contribution < -0.4 is 0 Å². The summed E-state index contributed by atoms with van der Waals surface area (Å²) in [6.45, 7) is 4.42. The van der Waals surface area contributed by atoms with Gasteiger partial charge in [0.1, 0.15) is 0 Å². The fraction of sp³-hybridized carbons (Fsp3) is 0.733. The monoisotopic (exact) mass is 246 g/mol. The van der Waals surface area contributed by atoms with E-state index in [1.807, 2.05) is 0 Å². The first-order chi connectivity index (χ1) is 8.69. The number of carbonyl (C=O) groups is 2. The molecule has 0 amide bonds. The first kappa shape index (κ1) is 10.8. The molecule has 96 valence electrons. The lowest BCUT2D eigenvalue weighted by Gasteiger charge is -2.47. The van der Waals surface area contributed by atoms with Crippen molar-refractivity contribution in [3.8, 4) is 0 Å². The minimum absolute atomic E-state index is 0.108. The third-order valence-electron chi connectivity index (χ3n) is 5.89. The van der Waals surface area contributed by atoms with Gasteiger partial charge in [0.05, 0.1) is 11.8 Å². The zero-order valence-corrected chi connectivity index (χ0v) is 10.8. The molecule has 2 saturated carbocycles. The average molecular weight is 246 g/mol. The zero-order chi connectivity index (χ0) is 12.6. The molecule has 1 aliphatic heterocycles. The van der Waals surface area contributed by atoms with Gasteiger partial charge in [0.15, 0.2) is 0 Å². The van der Waals surface area contributed by atoms with Crippen LogP contribution in [-0.2, 0) is 14.3 Å². The van der Waals surface area contributed by atoms with Crippen LogP contribution in [0.2, 0.25) is 0 Å². The summed E-state index contributed by atoms with van der Waals surface area (Å²) in [5, 5.41) is 0. The van der Waals surface area contributed by atoms with E-state index in [0.717, 1.165) is 19.3 Å². The normalized spacial score (nSPS) is 48.1. The van der Waals surface area contributed by atoms with Gasteiger partial charge in [-0.05, 0) is 42.9 Å². The van der Waals surface area contributed by atoms with Crippen molar-refractivity contribution in [2.75, 3.05) is 0 Å². The molecule has 3 aliphatic carbocycles. The number of allylic oxidation sites excluding steroid dienone is 2. The standard InChI is InChI=1S/C15H18O3/c1-3-6-7(4-2)11-9-5-8(10(6)11)12-13(9)15(17)18-14(12)16/h8-13H,3-5H2,1-2H3/t8-,9+,10+,11-,12+,13-. The van der Waals surface area contributed by atoms with Gasteiger partial charge in [-0.15, -0.1) is 0 Å². The average Bonchev–Trinajstić information content (AvgIpc) is 2.90. The van der Waals surface area contributed by atoms with Gasteiger partial charge in [-0.25, -0.2) is 0 Å². The summed E-state index contributed by atoms with van der Waals surface area (Å²) in [6, 6.07) is 0. The van der Waals surface area contributed by atoms with Crippen molar-refractivity contribution >= 4 is 11.9 Å². The van der Waals surface area contributed by atoms with Gasteiger partial charge >= 0.3 is 11.9 Å². The maximum Gasteiger partial charge on any atom is 0.317 e. The molecule has 6 atom stereocenters. The Kier molecular flexibility index (Phi) is 1.95. The highest BCUT2D eigenvalue weighted by Gasteiger charge is 2.69. The highest BCUT2D eigenvalue weighted by Crippen LogP contribution is 2.69. The van der Waals surface area contributed by atoms with Crippen molar-refractivity contribution in [3.63, 3.8) is 0 Å². The van der Waals surface area contributed by atoms with E-state index < -0.39 is 0 Å². The Hall–Kier alpha value is -1.12. The van der Waals surface area contributed by atoms with Crippen molar-refractivity contribution in [1.29, 1.82) is 0 Å². The van der Waals surface area contributed by atoms with Crippen LogP contribution in [0, 0.1) is 35.5 Å². The van der Waals surface area contributed by atoms with E-state index in [2.05, 4.69) is 13.8 Å². The molecule has 4 aliphatic rings. The Morgan fingerprint density at radius 1 is 0.889 bits per heavy atom. The summed E-state index contributed by atoms with van der Waals surface area (Å²) in [5.41, 5.74) is 3.17. The largest absolute Gasteiger partial charge is 0.393 e. The van der Waals surface area contributed by atoms with Crippen molar-refractivity contribution in [3.05, 3.63) is 11.1 Å². The van der Waals surface area contributed by atoms with Crippen LogP contribution in [0.25, 0.3) is 0 Å². The number of hydrogen-bond acceptors (Lipinski definition) is 3. The lowest BCUT2D eigenvalue weighted by molar-refractivity contribution is -0.154. The molecule has 2 bridgehead atoms. The summed E-state index contributed by atoms with van der Waals surface area (Å²) in [5.74, 6) is 1.29. The Morgan fingerprint density at radius 3 is 1.72 bits per heavy atom. The van der Waals surface area contributed by atoms with Crippen LogP contribution in [0.4, 0.5) is 0 Å². The van der Waals surface area contributed by atoms with Crippen LogP contribution in [0.5, 0.6) is 0 Å². The number of carbonyl (C=O) groups excluding carboxylic acids is 2. The quantitative estimate of drug-likeness (QED) is 0.426. The van der Waals surface area contributed by atoms with Crippen LogP contribution in [0.1, 0.15) is 33.1 Å². The van der Waals surface area contributed by atoms with Crippen LogP contribution in [-0.4, -0.2) is 11.9 Å². The molecule has 4 rings (SSSR count). The Morgan fingerprint density at radius 2 is 1.33 bits per heavy atom. The molecule has 0 aromatic carbocycles. The van der Waals surface area contributed by atoms with E-state index in [-0.39, 0.29) is 23.8 Å². The molecule has 0 aromatic heterocycles. The van der Waals surface area contributed by atoms with Gasteiger partial charge < -0.3 is 4.74 Å². The summed E-state index contributed by atoms with van der Waals surface area (Å²) in [7, 11) is 0. The SMILES string of the molecule is CCC1=C(CC)[C@H]2[C@H]3C[C@H]([C@H]4C(=O)OC(=O)[C@@H]34)[C@@H]12. The number of rotatable bonds is 2. The lowest BCUT2D eigenvalue weighted by atomic mass is 9.55. The molecule has 3 nitrogen and oxygen atoms in total. The molecule has 0 radical (unpaired) electrons. The summed E-state index contributed by atoms with van der Waals surface area (Å²) in [6.07, 6.45) is 3.28. The van der Waals surface area contributed by atoms with E-state index in [1.165, 1.54) is 0 Å². The molecular formula is C15H18O3. The van der Waals surface area contributed by atoms with Crippen molar-refractivity contribution in [2.45, 2.75) is 33.1 Å². The molecule has 1 saturated heterocycles. The zero-order valence-electron chi connectivity index (χ0n) is 10.8. The van der Waals surface area contributed by atoms with Crippen molar-refractivity contribution in [2.24, 2.45) is 35.5 Å². The second-order valence-corrected chi connectivity index (χ2v) is 6.16. The number of cyclic esters (lactones) is 2. The van der Waals surface area contributed by atoms with Gasteiger partial charge in [0.25, 0.3) is 0 Å². The third-order valence-corrected chi connectivity index (χ3v) is 5.89. The molecule has 0 aromatic rings. The highest BCUT2D eigenvalue weighted by atomic mass is 16.6. The lowest BCUT2D eigenvalue weighted by Crippen LogP contribution is -2.44. The molecule has 0 unspecified atom stereocenters. The summed E-state index contributed by atoms with van der Waals surface area (Å²) in [4.78, 5) is 23.6. The molecule has 18 heavy (non-hydrogen) atoms. The van der Waals surface area contributed by atoms with E-state index in [4.69, 9.17) is 4.74 Å². The minimum Gasteiger partial charge on any atom is -0.393 e. The number of fused-ring (bicyclic) bond motifs is 8. The highest BCUT2D eigenvalue weighted by molar-refractivity contribution is 5.98. The molecule has 0 spiro atoms. The number of esters is 2. The van der Waals surface area contributed by atoms with Gasteiger partial charge in [-0.2, -0.15) is 0 Å². The first-order valence-electron chi connectivity index (χ1n) is 7.16. The Bertz CT molecular complexity index is 448. The second-order valence-electron chi connectivity index (χ2n) is 6.16. The molecule has 1 heterocycles. The van der Waals surface area contributed by atoms with Crippen molar-refractivity contribution < 1.29 is 14.3 Å². The third kappa shape index (κ3) is 0.952. The van der Waals surface area contributed by atoms with Crippen LogP contribution in [0.3, 0.4) is 0 Å². The fourth-order valence-corrected chi connectivity index (χ4v) is 5.50. The van der Waals surface area contributed by atoms with Crippen molar-refractivity contribution in [1.82, 2.24) is 0 Å². The van der Waals surface area contributed by atoms with Gasteiger partial charge in [0.2, 0.25) is 0 Å². The molecule has 3 fully saturated rings. The van der Waals surface area contributed by atoms with E-state index in [1.54, 1.807) is 11.1 Å². The number of ether oxygens (including phenoxy) is 1.